The van der Waals surface area contributed by atoms with Crippen molar-refractivity contribution in [2.24, 2.45) is 5.10 Å². The van der Waals surface area contributed by atoms with Gasteiger partial charge in [0, 0.05) is 30.4 Å². The van der Waals surface area contributed by atoms with E-state index >= 15 is 0 Å². The van der Waals surface area contributed by atoms with Crippen LogP contribution >= 0.6 is 0 Å². The van der Waals surface area contributed by atoms with Crippen LogP contribution in [0.15, 0.2) is 77.9 Å². The van der Waals surface area contributed by atoms with Crippen molar-refractivity contribution >= 4 is 40.7 Å². The van der Waals surface area contributed by atoms with E-state index in [1.807, 2.05) is 60.7 Å². The lowest BCUT2D eigenvalue weighted by Crippen LogP contribution is -2.51. The fraction of sp³-hybridized carbons (Fsp3) is 0.148. The van der Waals surface area contributed by atoms with Gasteiger partial charge in [0.25, 0.3) is 5.69 Å². The molecule has 0 saturated heterocycles. The molecule has 3 heterocycles. The lowest BCUT2D eigenvalue weighted by Gasteiger charge is -2.38. The summed E-state index contributed by atoms with van der Waals surface area (Å²) >= 11 is 0. The molecule has 0 bridgehead atoms. The summed E-state index contributed by atoms with van der Waals surface area (Å²) in [5.74, 6) is -1.17. The van der Waals surface area contributed by atoms with Crippen molar-refractivity contribution in [3.8, 4) is 0 Å². The number of amides is 1. The maximum Gasteiger partial charge on any atom is 0.355 e. The van der Waals surface area contributed by atoms with E-state index in [1.165, 1.54) is 24.1 Å². The highest BCUT2D eigenvalue weighted by Crippen LogP contribution is 2.59. The summed E-state index contributed by atoms with van der Waals surface area (Å²) in [5.41, 5.74) is 2.10. The van der Waals surface area contributed by atoms with Crippen LogP contribution in [-0.4, -0.2) is 41.7 Å². The number of nitrogens with zero attached hydrogens (tertiary/aromatic N) is 4. The van der Waals surface area contributed by atoms with Crippen molar-refractivity contribution in [3.63, 3.8) is 0 Å². The first kappa shape index (κ1) is 21.7. The molecule has 9 nitrogen and oxygen atoms in total. The van der Waals surface area contributed by atoms with Crippen molar-refractivity contribution in [2.45, 2.75) is 11.5 Å². The fourth-order valence-electron chi connectivity index (χ4n) is 5.57. The monoisotopic (exact) mass is 480 g/mol. The standard InChI is InChI=1S/C27H20N4O5/c1-29-21-13-12-18(31(34)35)15-20(21)27(26(29)33)23(25(32)36-2)28-30-22(16-8-4-3-5-9-16)14-17-10-6-7-11-19(17)24(27)30/h3-15,24H,1-2H3/t24-,27+/m0/s1. The molecular weight excluding hydrogens is 460 g/mol. The van der Waals surface area contributed by atoms with Crippen LogP contribution < -0.4 is 4.90 Å². The molecule has 2 atom stereocenters. The van der Waals surface area contributed by atoms with Crippen LogP contribution in [0.25, 0.3) is 11.8 Å². The Morgan fingerprint density at radius 1 is 1.08 bits per heavy atom. The highest BCUT2D eigenvalue weighted by atomic mass is 16.6. The van der Waals surface area contributed by atoms with Crippen LogP contribution in [0.2, 0.25) is 0 Å². The topological polar surface area (TPSA) is 105 Å². The number of anilines is 1. The van der Waals surface area contributed by atoms with Gasteiger partial charge in [-0.05, 0) is 28.8 Å². The van der Waals surface area contributed by atoms with Crippen LogP contribution in [0.3, 0.4) is 0 Å². The van der Waals surface area contributed by atoms with Gasteiger partial charge in [-0.1, -0.05) is 54.6 Å². The number of nitro benzene ring substituents is 1. The number of hydrogen-bond acceptors (Lipinski definition) is 7. The molecule has 0 aliphatic carbocycles. The zero-order chi connectivity index (χ0) is 25.2. The highest BCUT2D eigenvalue weighted by molar-refractivity contribution is 6.48. The van der Waals surface area contributed by atoms with E-state index in [0.717, 1.165) is 16.7 Å². The van der Waals surface area contributed by atoms with Gasteiger partial charge in [-0.15, -0.1) is 0 Å². The third kappa shape index (κ3) is 2.68. The maximum absolute atomic E-state index is 14.2. The number of hydrazone groups is 1. The van der Waals surface area contributed by atoms with Gasteiger partial charge in [0.1, 0.15) is 6.04 Å². The Morgan fingerprint density at radius 3 is 2.53 bits per heavy atom. The number of methoxy groups -OCH3 is 1. The second kappa shape index (κ2) is 7.61. The largest absolute Gasteiger partial charge is 0.464 e. The zero-order valence-corrected chi connectivity index (χ0v) is 19.4. The van der Waals surface area contributed by atoms with Crippen molar-refractivity contribution in [1.29, 1.82) is 0 Å². The van der Waals surface area contributed by atoms with E-state index in [1.54, 1.807) is 18.1 Å². The third-order valence-electron chi connectivity index (χ3n) is 7.13. The molecule has 0 saturated carbocycles. The molecule has 3 aliphatic heterocycles. The lowest BCUT2D eigenvalue weighted by atomic mass is 9.68. The summed E-state index contributed by atoms with van der Waals surface area (Å²) in [6, 6.07) is 20.7. The normalized spacial score (nSPS) is 21.5. The first-order chi connectivity index (χ1) is 17.4. The number of nitro groups is 1. The number of non-ortho nitro benzene ring substituents is 1. The summed E-state index contributed by atoms with van der Waals surface area (Å²) in [7, 11) is 2.83. The SMILES string of the molecule is COC(=O)C1=NN2C(c3ccccc3)=Cc3ccccc3[C@H]2[C@]12C(=O)N(C)c1ccc([N+](=O)[O-])cc12. The Hall–Kier alpha value is -4.79. The van der Waals surface area contributed by atoms with Crippen LogP contribution in [-0.2, 0) is 19.7 Å². The van der Waals surface area contributed by atoms with Gasteiger partial charge in [-0.2, -0.15) is 5.10 Å². The average Bonchev–Trinajstić information content (AvgIpc) is 3.38. The van der Waals surface area contributed by atoms with Crippen LogP contribution in [0.1, 0.15) is 28.3 Å². The molecule has 1 amide bonds. The zero-order valence-electron chi connectivity index (χ0n) is 19.4. The van der Waals surface area contributed by atoms with E-state index in [-0.39, 0.29) is 11.4 Å². The molecule has 178 valence electrons. The molecule has 0 aromatic heterocycles. The summed E-state index contributed by atoms with van der Waals surface area (Å²) in [4.78, 5) is 40.1. The first-order valence-corrected chi connectivity index (χ1v) is 11.3. The van der Waals surface area contributed by atoms with Gasteiger partial charge in [0.2, 0.25) is 5.91 Å². The number of carbonyl (C=O) groups is 2. The predicted octanol–water partition coefficient (Wildman–Crippen LogP) is 3.91. The number of carbonyl (C=O) groups excluding carboxylic acids is 2. The number of benzene rings is 3. The number of esters is 1. The maximum atomic E-state index is 14.2. The van der Waals surface area contributed by atoms with Crippen molar-refractivity contribution in [2.75, 3.05) is 19.1 Å². The molecule has 9 heteroatoms. The third-order valence-corrected chi connectivity index (χ3v) is 7.13. The Morgan fingerprint density at radius 2 is 1.81 bits per heavy atom. The smallest absolute Gasteiger partial charge is 0.355 e. The lowest BCUT2D eigenvalue weighted by molar-refractivity contribution is -0.384. The highest BCUT2D eigenvalue weighted by Gasteiger charge is 2.67. The fourth-order valence-corrected chi connectivity index (χ4v) is 5.57. The van der Waals surface area contributed by atoms with Crippen LogP contribution in [0.5, 0.6) is 0 Å². The van der Waals surface area contributed by atoms with Gasteiger partial charge in [-0.3, -0.25) is 19.9 Å². The number of fused-ring (bicyclic) bond motifs is 6. The van der Waals surface area contributed by atoms with Crippen molar-refractivity contribution in [3.05, 3.63) is 105 Å². The quantitative estimate of drug-likeness (QED) is 0.320. The minimum Gasteiger partial charge on any atom is -0.464 e. The van der Waals surface area contributed by atoms with Gasteiger partial charge >= 0.3 is 5.97 Å². The Balaban J connectivity index is 1.71. The molecule has 3 aromatic rings. The van der Waals surface area contributed by atoms with Gasteiger partial charge < -0.3 is 9.64 Å². The number of rotatable bonds is 3. The van der Waals surface area contributed by atoms with E-state index in [4.69, 9.17) is 9.84 Å². The summed E-state index contributed by atoms with van der Waals surface area (Å²) in [6.07, 6.45) is 1.97. The molecular formula is C27H20N4O5. The van der Waals surface area contributed by atoms with Crippen molar-refractivity contribution in [1.82, 2.24) is 5.01 Å². The van der Waals surface area contributed by atoms with Gasteiger partial charge in [0.15, 0.2) is 11.1 Å². The molecule has 3 aliphatic rings. The summed E-state index contributed by atoms with van der Waals surface area (Å²) in [6.45, 7) is 0. The van der Waals surface area contributed by atoms with Crippen LogP contribution in [0, 0.1) is 10.1 Å². The van der Waals surface area contributed by atoms with Crippen molar-refractivity contribution < 1.29 is 19.2 Å². The van der Waals surface area contributed by atoms with Gasteiger partial charge in [0.05, 0.1) is 17.7 Å². The molecule has 36 heavy (non-hydrogen) atoms. The van der Waals surface area contributed by atoms with Crippen LogP contribution in [0.4, 0.5) is 11.4 Å². The molecule has 3 aromatic carbocycles. The number of likely N-dealkylation sites (N-methyl/N-ethyl adjacent to an activating group) is 1. The minimum atomic E-state index is -1.65. The summed E-state index contributed by atoms with van der Waals surface area (Å²) in [5, 5.41) is 18.1. The second-order valence-electron chi connectivity index (χ2n) is 8.84. The predicted molar refractivity (Wildman–Crippen MR) is 133 cm³/mol. The van der Waals surface area contributed by atoms with E-state index in [9.17, 15) is 19.7 Å². The average molecular weight is 480 g/mol. The van der Waals surface area contributed by atoms with E-state index < -0.39 is 28.3 Å². The van der Waals surface area contributed by atoms with Gasteiger partial charge in [-0.25, -0.2) is 4.79 Å². The van der Waals surface area contributed by atoms with E-state index in [2.05, 4.69) is 0 Å². The molecule has 6 rings (SSSR count). The molecule has 0 N–H and O–H groups in total. The minimum absolute atomic E-state index is 0.107. The molecule has 0 radical (unpaired) electrons. The second-order valence-corrected chi connectivity index (χ2v) is 8.84. The number of hydrogen-bond donors (Lipinski definition) is 0. The first-order valence-electron chi connectivity index (χ1n) is 11.3. The molecule has 1 spiro atoms. The van der Waals surface area contributed by atoms with E-state index in [0.29, 0.717) is 16.9 Å². The Kier molecular flexibility index (Phi) is 4.59. The Labute approximate surface area is 206 Å². The summed E-state index contributed by atoms with van der Waals surface area (Å²) < 4.78 is 5.11. The number of ether oxygens (including phenoxy) is 1. The Bertz CT molecular complexity index is 1530. The molecule has 0 fully saturated rings. The molecule has 0 unspecified atom stereocenters.